The number of fused-ring (bicyclic) bond motifs is 2. The number of rotatable bonds is 7. The van der Waals surface area contributed by atoms with Gasteiger partial charge in [0.1, 0.15) is 5.82 Å². The molecular formula is C24H28FN3O3. The number of methoxy groups -OCH3 is 2. The second-order valence-corrected chi connectivity index (χ2v) is 7.95. The first-order valence-electron chi connectivity index (χ1n) is 10.5. The number of carbonyl (C=O) groups excluding carboxylic acids is 1. The van der Waals surface area contributed by atoms with Crippen LogP contribution in [-0.4, -0.2) is 49.6 Å². The van der Waals surface area contributed by atoms with E-state index in [2.05, 4.69) is 21.3 Å². The first-order valence-corrected chi connectivity index (χ1v) is 10.5. The van der Waals surface area contributed by atoms with Crippen molar-refractivity contribution in [3.63, 3.8) is 0 Å². The van der Waals surface area contributed by atoms with Crippen molar-refractivity contribution in [1.82, 2.24) is 15.2 Å². The highest BCUT2D eigenvalue weighted by Gasteiger charge is 2.19. The molecule has 0 fully saturated rings. The summed E-state index contributed by atoms with van der Waals surface area (Å²) >= 11 is 0. The first-order chi connectivity index (χ1) is 15.0. The summed E-state index contributed by atoms with van der Waals surface area (Å²) < 4.78 is 24.4. The Kier molecular flexibility index (Phi) is 6.13. The van der Waals surface area contributed by atoms with Crippen LogP contribution in [0.15, 0.2) is 30.3 Å². The molecule has 0 bridgehead atoms. The Balaban J connectivity index is 1.33. The normalized spacial score (nSPS) is 13.8. The van der Waals surface area contributed by atoms with E-state index in [9.17, 15) is 9.18 Å². The average molecular weight is 426 g/mol. The van der Waals surface area contributed by atoms with Gasteiger partial charge >= 0.3 is 0 Å². The van der Waals surface area contributed by atoms with E-state index in [1.54, 1.807) is 20.3 Å². The second kappa shape index (κ2) is 8.98. The highest BCUT2D eigenvalue weighted by atomic mass is 19.1. The number of ether oxygens (including phenoxy) is 2. The van der Waals surface area contributed by atoms with Gasteiger partial charge in [-0.25, -0.2) is 4.39 Å². The number of aromatic amines is 1. The maximum Gasteiger partial charge on any atom is 0.224 e. The lowest BCUT2D eigenvalue weighted by atomic mass is 9.99. The number of nitrogens with one attached hydrogen (secondary N) is 2. The third-order valence-corrected chi connectivity index (χ3v) is 5.97. The highest BCUT2D eigenvalue weighted by Crippen LogP contribution is 2.33. The molecule has 3 aromatic rings. The van der Waals surface area contributed by atoms with Crippen LogP contribution in [0.25, 0.3) is 10.9 Å². The van der Waals surface area contributed by atoms with Crippen LogP contribution in [0.4, 0.5) is 4.39 Å². The van der Waals surface area contributed by atoms with E-state index in [1.807, 2.05) is 13.0 Å². The van der Waals surface area contributed by atoms with Gasteiger partial charge in [-0.05, 0) is 60.4 Å². The van der Waals surface area contributed by atoms with Crippen LogP contribution in [0.1, 0.15) is 22.4 Å². The molecule has 0 spiro atoms. The largest absolute Gasteiger partial charge is 0.493 e. The maximum absolute atomic E-state index is 13.6. The number of aromatic nitrogens is 1. The standard InChI is InChI=1S/C24H28FN3O3/c1-15-19(20-12-18(25)4-5-21(20)27-15)13-24(29)26-7-9-28-8-6-16-10-22(30-2)23(31-3)11-17(16)14-28/h4-5,10-12,27H,6-9,13-14H2,1-3H3,(H,26,29). The summed E-state index contributed by atoms with van der Waals surface area (Å²) in [6.45, 7) is 4.98. The number of halogens is 1. The molecule has 0 saturated heterocycles. The predicted molar refractivity (Wildman–Crippen MR) is 118 cm³/mol. The van der Waals surface area contributed by atoms with Gasteiger partial charge in [0, 0.05) is 42.8 Å². The Bertz CT molecular complexity index is 1110. The Hall–Kier alpha value is -3.06. The van der Waals surface area contributed by atoms with Crippen LogP contribution in [0.3, 0.4) is 0 Å². The molecule has 0 aliphatic carbocycles. The monoisotopic (exact) mass is 425 g/mol. The molecule has 2 aromatic carbocycles. The lowest BCUT2D eigenvalue weighted by Crippen LogP contribution is -2.38. The van der Waals surface area contributed by atoms with Gasteiger partial charge in [0.05, 0.1) is 20.6 Å². The molecule has 0 unspecified atom stereocenters. The van der Waals surface area contributed by atoms with Crippen LogP contribution in [0, 0.1) is 12.7 Å². The molecule has 2 N–H and O–H groups in total. The SMILES string of the molecule is COc1cc2c(cc1OC)CN(CCNC(=O)Cc1c(C)[nH]c3ccc(F)cc13)CC2. The fourth-order valence-electron chi connectivity index (χ4n) is 4.29. The van der Waals surface area contributed by atoms with Crippen LogP contribution in [0.5, 0.6) is 11.5 Å². The minimum atomic E-state index is -0.298. The van der Waals surface area contributed by atoms with Crippen molar-refractivity contribution in [3.05, 3.63) is 58.5 Å². The van der Waals surface area contributed by atoms with Crippen LogP contribution in [-0.2, 0) is 24.2 Å². The second-order valence-electron chi connectivity index (χ2n) is 7.95. The zero-order valence-corrected chi connectivity index (χ0v) is 18.2. The molecule has 4 rings (SSSR count). The van der Waals surface area contributed by atoms with Crippen molar-refractivity contribution in [3.8, 4) is 11.5 Å². The summed E-state index contributed by atoms with van der Waals surface area (Å²) in [5, 5.41) is 3.77. The molecule has 7 heteroatoms. The minimum Gasteiger partial charge on any atom is -0.493 e. The Morgan fingerprint density at radius 3 is 2.65 bits per heavy atom. The molecule has 31 heavy (non-hydrogen) atoms. The predicted octanol–water partition coefficient (Wildman–Crippen LogP) is 3.35. The quantitative estimate of drug-likeness (QED) is 0.609. The number of hydrogen-bond acceptors (Lipinski definition) is 4. The van der Waals surface area contributed by atoms with Crippen LogP contribution < -0.4 is 14.8 Å². The number of carbonyl (C=O) groups is 1. The average Bonchev–Trinajstić information content (AvgIpc) is 3.07. The molecule has 2 heterocycles. The lowest BCUT2D eigenvalue weighted by molar-refractivity contribution is -0.120. The van der Waals surface area contributed by atoms with E-state index in [0.29, 0.717) is 6.54 Å². The molecular weight excluding hydrogens is 397 g/mol. The van der Waals surface area contributed by atoms with Crippen molar-refractivity contribution in [2.45, 2.75) is 26.3 Å². The van der Waals surface area contributed by atoms with Gasteiger partial charge in [-0.3, -0.25) is 9.69 Å². The third kappa shape index (κ3) is 4.51. The van der Waals surface area contributed by atoms with Crippen molar-refractivity contribution < 1.29 is 18.7 Å². The molecule has 1 aliphatic heterocycles. The van der Waals surface area contributed by atoms with Gasteiger partial charge in [0.15, 0.2) is 11.5 Å². The van der Waals surface area contributed by atoms with Gasteiger partial charge < -0.3 is 19.8 Å². The topological polar surface area (TPSA) is 66.6 Å². The van der Waals surface area contributed by atoms with Gasteiger partial charge in [-0.2, -0.15) is 0 Å². The Labute approximate surface area is 181 Å². The lowest BCUT2D eigenvalue weighted by Gasteiger charge is -2.29. The van der Waals surface area contributed by atoms with Crippen molar-refractivity contribution in [1.29, 1.82) is 0 Å². The van der Waals surface area contributed by atoms with E-state index in [0.717, 1.165) is 59.7 Å². The van der Waals surface area contributed by atoms with E-state index in [-0.39, 0.29) is 18.1 Å². The molecule has 0 atom stereocenters. The Morgan fingerprint density at radius 2 is 1.90 bits per heavy atom. The fraction of sp³-hybridized carbons (Fsp3) is 0.375. The fourth-order valence-corrected chi connectivity index (χ4v) is 4.29. The third-order valence-electron chi connectivity index (χ3n) is 5.97. The van der Waals surface area contributed by atoms with E-state index in [4.69, 9.17) is 9.47 Å². The smallest absolute Gasteiger partial charge is 0.224 e. The highest BCUT2D eigenvalue weighted by molar-refractivity contribution is 5.90. The number of H-pyrrole nitrogens is 1. The van der Waals surface area contributed by atoms with E-state index < -0.39 is 0 Å². The maximum atomic E-state index is 13.6. The molecule has 0 saturated carbocycles. The van der Waals surface area contributed by atoms with Crippen LogP contribution in [0.2, 0.25) is 0 Å². The first kappa shape index (κ1) is 21.2. The summed E-state index contributed by atoms with van der Waals surface area (Å²) in [7, 11) is 3.29. The number of amides is 1. The van der Waals surface area contributed by atoms with E-state index >= 15 is 0 Å². The number of benzene rings is 2. The van der Waals surface area contributed by atoms with Crippen LogP contribution >= 0.6 is 0 Å². The molecule has 0 radical (unpaired) electrons. The van der Waals surface area contributed by atoms with Gasteiger partial charge in [-0.15, -0.1) is 0 Å². The van der Waals surface area contributed by atoms with Crippen molar-refractivity contribution >= 4 is 16.8 Å². The summed E-state index contributed by atoms with van der Waals surface area (Å²) in [6.07, 6.45) is 1.17. The number of hydrogen-bond donors (Lipinski definition) is 2. The van der Waals surface area contributed by atoms with Gasteiger partial charge in [0.2, 0.25) is 5.91 Å². The van der Waals surface area contributed by atoms with Crippen molar-refractivity contribution in [2.24, 2.45) is 0 Å². The zero-order valence-electron chi connectivity index (χ0n) is 18.2. The molecule has 6 nitrogen and oxygen atoms in total. The van der Waals surface area contributed by atoms with Crippen molar-refractivity contribution in [2.75, 3.05) is 33.9 Å². The molecule has 1 aliphatic rings. The number of nitrogens with zero attached hydrogens (tertiary/aromatic N) is 1. The molecule has 1 aromatic heterocycles. The number of aryl methyl sites for hydroxylation is 1. The molecule has 1 amide bonds. The summed E-state index contributed by atoms with van der Waals surface area (Å²) in [4.78, 5) is 18.1. The minimum absolute atomic E-state index is 0.0583. The van der Waals surface area contributed by atoms with E-state index in [1.165, 1.54) is 23.3 Å². The summed E-state index contributed by atoms with van der Waals surface area (Å²) in [5.41, 5.74) is 5.10. The van der Waals surface area contributed by atoms with Gasteiger partial charge in [0.25, 0.3) is 0 Å². The summed E-state index contributed by atoms with van der Waals surface area (Å²) in [5.74, 6) is 1.14. The molecule has 164 valence electrons. The Morgan fingerprint density at radius 1 is 1.16 bits per heavy atom. The summed E-state index contributed by atoms with van der Waals surface area (Å²) in [6, 6.07) is 8.70. The zero-order chi connectivity index (χ0) is 22.0. The van der Waals surface area contributed by atoms with Gasteiger partial charge in [-0.1, -0.05) is 0 Å².